The summed E-state index contributed by atoms with van der Waals surface area (Å²) in [7, 11) is 0. The van der Waals surface area contributed by atoms with Gasteiger partial charge in [-0.25, -0.2) is 0 Å². The van der Waals surface area contributed by atoms with Crippen molar-refractivity contribution in [1.29, 1.82) is 0 Å². The number of aliphatic hydroxyl groups excluding tert-OH is 1. The van der Waals surface area contributed by atoms with Gasteiger partial charge in [0.15, 0.2) is 0 Å². The van der Waals surface area contributed by atoms with Crippen LogP contribution in [0.3, 0.4) is 0 Å². The molecule has 1 heterocycles. The molecule has 0 spiro atoms. The van der Waals surface area contributed by atoms with Crippen LogP contribution in [0.1, 0.15) is 86.0 Å². The zero-order valence-corrected chi connectivity index (χ0v) is 18.2. The Bertz CT molecular complexity index is 764. The normalized spacial score (nSPS) is 20.6. The first-order valence-electron chi connectivity index (χ1n) is 11.5. The second-order valence-corrected chi connectivity index (χ2v) is 9.35. The van der Waals surface area contributed by atoms with Crippen LogP contribution in [-0.2, 0) is 0 Å². The molecule has 2 aromatic carbocycles. The molecule has 0 aromatic heterocycles. The Kier molecular flexibility index (Phi) is 7.29. The maximum absolute atomic E-state index is 10.7. The van der Waals surface area contributed by atoms with Crippen LogP contribution in [0, 0.1) is 0 Å². The molecule has 1 N–H and O–H groups in total. The van der Waals surface area contributed by atoms with Gasteiger partial charge in [-0.3, -0.25) is 0 Å². The minimum Gasteiger partial charge on any atom is -0.388 e. The first kappa shape index (κ1) is 20.9. The molecular weight excluding hydrogens is 378 g/mol. The van der Waals surface area contributed by atoms with Crippen molar-refractivity contribution in [3.63, 3.8) is 0 Å². The summed E-state index contributed by atoms with van der Waals surface area (Å²) in [6.45, 7) is 3.19. The average molecular weight is 412 g/mol. The van der Waals surface area contributed by atoms with E-state index in [1.165, 1.54) is 56.1 Å². The van der Waals surface area contributed by atoms with Crippen LogP contribution in [-0.4, -0.2) is 29.6 Å². The monoisotopic (exact) mass is 411 g/mol. The molecule has 2 nitrogen and oxygen atoms in total. The summed E-state index contributed by atoms with van der Waals surface area (Å²) in [5, 5.41) is 11.6. The fourth-order valence-corrected chi connectivity index (χ4v) is 5.53. The van der Waals surface area contributed by atoms with Crippen molar-refractivity contribution in [2.45, 2.75) is 69.3 Å². The minimum atomic E-state index is -0.431. The lowest BCUT2D eigenvalue weighted by molar-refractivity contribution is 0.130. The highest BCUT2D eigenvalue weighted by Gasteiger charge is 2.22. The van der Waals surface area contributed by atoms with E-state index in [2.05, 4.69) is 47.4 Å². The third-order valence-electron chi connectivity index (χ3n) is 7.03. The van der Waals surface area contributed by atoms with Crippen LogP contribution in [0.5, 0.6) is 0 Å². The summed E-state index contributed by atoms with van der Waals surface area (Å²) in [5.41, 5.74) is 3.72. The van der Waals surface area contributed by atoms with Gasteiger partial charge in [-0.05, 0) is 79.8 Å². The summed E-state index contributed by atoms with van der Waals surface area (Å²) < 4.78 is 0. The molecule has 1 saturated carbocycles. The van der Waals surface area contributed by atoms with Crippen molar-refractivity contribution >= 4 is 11.6 Å². The molecule has 0 bridgehead atoms. The average Bonchev–Trinajstić information content (AvgIpc) is 2.79. The van der Waals surface area contributed by atoms with Crippen LogP contribution in [0.4, 0.5) is 0 Å². The van der Waals surface area contributed by atoms with E-state index < -0.39 is 6.10 Å². The summed E-state index contributed by atoms with van der Waals surface area (Å²) in [5.74, 6) is 1.29. The number of piperidine rings is 1. The second-order valence-electron chi connectivity index (χ2n) is 8.95. The van der Waals surface area contributed by atoms with E-state index in [0.29, 0.717) is 11.8 Å². The zero-order chi connectivity index (χ0) is 20.1. The Morgan fingerprint density at radius 3 is 2.31 bits per heavy atom. The second kappa shape index (κ2) is 10.1. The lowest BCUT2D eigenvalue weighted by Crippen LogP contribution is -2.34. The van der Waals surface area contributed by atoms with E-state index >= 15 is 0 Å². The van der Waals surface area contributed by atoms with Gasteiger partial charge in [-0.15, -0.1) is 0 Å². The van der Waals surface area contributed by atoms with Gasteiger partial charge in [-0.2, -0.15) is 0 Å². The van der Waals surface area contributed by atoms with Gasteiger partial charge in [0, 0.05) is 11.6 Å². The van der Waals surface area contributed by atoms with Crippen LogP contribution < -0.4 is 0 Å². The SMILES string of the molecule is OC(CCN1CCC(c2ccccc2)CC1)c1ccc(C2CCCCC2)c(Cl)c1. The maximum atomic E-state index is 10.7. The van der Waals surface area contributed by atoms with Crippen LogP contribution in [0.15, 0.2) is 48.5 Å². The number of hydrogen-bond donors (Lipinski definition) is 1. The summed E-state index contributed by atoms with van der Waals surface area (Å²) in [4.78, 5) is 2.50. The Hall–Kier alpha value is -1.35. The Morgan fingerprint density at radius 1 is 0.897 bits per heavy atom. The van der Waals surface area contributed by atoms with E-state index in [0.717, 1.165) is 36.6 Å². The molecule has 1 atom stereocenters. The molecule has 0 amide bonds. The van der Waals surface area contributed by atoms with Gasteiger partial charge in [0.05, 0.1) is 6.10 Å². The predicted molar refractivity (Wildman–Crippen MR) is 122 cm³/mol. The van der Waals surface area contributed by atoms with E-state index in [1.54, 1.807) is 0 Å². The smallest absolute Gasteiger partial charge is 0.0802 e. The van der Waals surface area contributed by atoms with Crippen molar-refractivity contribution < 1.29 is 5.11 Å². The third-order valence-corrected chi connectivity index (χ3v) is 7.36. The van der Waals surface area contributed by atoms with E-state index in [9.17, 15) is 5.11 Å². The largest absolute Gasteiger partial charge is 0.388 e. The number of hydrogen-bond acceptors (Lipinski definition) is 2. The van der Waals surface area contributed by atoms with Gasteiger partial charge in [-0.1, -0.05) is 73.3 Å². The number of likely N-dealkylation sites (tertiary alicyclic amines) is 1. The molecule has 1 unspecified atom stereocenters. The first-order chi connectivity index (χ1) is 14.2. The van der Waals surface area contributed by atoms with Crippen molar-refractivity contribution in [3.8, 4) is 0 Å². The van der Waals surface area contributed by atoms with Crippen molar-refractivity contribution in [2.75, 3.05) is 19.6 Å². The molecule has 2 aliphatic rings. The third kappa shape index (κ3) is 5.42. The van der Waals surface area contributed by atoms with Crippen molar-refractivity contribution in [3.05, 3.63) is 70.2 Å². The first-order valence-corrected chi connectivity index (χ1v) is 11.8. The summed E-state index contributed by atoms with van der Waals surface area (Å²) >= 11 is 6.61. The Morgan fingerprint density at radius 2 is 1.62 bits per heavy atom. The lowest BCUT2D eigenvalue weighted by Gasteiger charge is -2.32. The topological polar surface area (TPSA) is 23.5 Å². The van der Waals surface area contributed by atoms with Crippen LogP contribution in [0.2, 0.25) is 5.02 Å². The number of halogens is 1. The molecular formula is C26H34ClNO. The lowest BCUT2D eigenvalue weighted by atomic mass is 9.83. The number of benzene rings is 2. The molecule has 1 aliphatic heterocycles. The summed E-state index contributed by atoms with van der Waals surface area (Å²) in [6, 6.07) is 17.2. The van der Waals surface area contributed by atoms with Gasteiger partial charge >= 0.3 is 0 Å². The van der Waals surface area contributed by atoms with Gasteiger partial charge in [0.25, 0.3) is 0 Å². The molecule has 0 radical (unpaired) electrons. The molecule has 29 heavy (non-hydrogen) atoms. The van der Waals surface area contributed by atoms with Gasteiger partial charge in [0.2, 0.25) is 0 Å². The molecule has 1 aliphatic carbocycles. The molecule has 4 rings (SSSR count). The van der Waals surface area contributed by atoms with Gasteiger partial charge in [0.1, 0.15) is 0 Å². The molecule has 156 valence electrons. The predicted octanol–water partition coefficient (Wildman–Crippen LogP) is 6.69. The van der Waals surface area contributed by atoms with E-state index in [-0.39, 0.29) is 0 Å². The molecule has 2 aromatic rings. The molecule has 2 fully saturated rings. The van der Waals surface area contributed by atoms with Crippen molar-refractivity contribution in [2.24, 2.45) is 0 Å². The highest BCUT2D eigenvalue weighted by Crippen LogP contribution is 2.37. The highest BCUT2D eigenvalue weighted by atomic mass is 35.5. The number of rotatable bonds is 6. The summed E-state index contributed by atoms with van der Waals surface area (Å²) in [6.07, 6.45) is 9.24. The minimum absolute atomic E-state index is 0.431. The maximum Gasteiger partial charge on any atom is 0.0802 e. The van der Waals surface area contributed by atoms with E-state index in [4.69, 9.17) is 11.6 Å². The number of nitrogens with zero attached hydrogens (tertiary/aromatic N) is 1. The fraction of sp³-hybridized carbons (Fsp3) is 0.538. The van der Waals surface area contributed by atoms with Crippen molar-refractivity contribution in [1.82, 2.24) is 4.90 Å². The Labute approximate surface area is 180 Å². The zero-order valence-electron chi connectivity index (χ0n) is 17.4. The standard InChI is InChI=1S/C26H34ClNO/c27-25-19-23(11-12-24(25)22-9-5-2-6-10-22)26(29)15-18-28-16-13-21(14-17-28)20-7-3-1-4-8-20/h1,3-4,7-8,11-12,19,21-22,26,29H,2,5-6,9-10,13-18H2. The molecule has 1 saturated heterocycles. The quantitative estimate of drug-likeness (QED) is 0.572. The molecule has 3 heteroatoms. The number of aliphatic hydroxyl groups is 1. The fourth-order valence-electron chi connectivity index (χ4n) is 5.18. The van der Waals surface area contributed by atoms with Crippen LogP contribution in [0.25, 0.3) is 0 Å². The Balaban J connectivity index is 1.26. The highest BCUT2D eigenvalue weighted by molar-refractivity contribution is 6.31. The van der Waals surface area contributed by atoms with Gasteiger partial charge < -0.3 is 10.0 Å². The van der Waals surface area contributed by atoms with E-state index in [1.807, 2.05) is 6.07 Å². The van der Waals surface area contributed by atoms with Crippen LogP contribution >= 0.6 is 11.6 Å².